The number of rotatable bonds is 6. The maximum absolute atomic E-state index is 12.5. The number of fused-ring (bicyclic) bond motifs is 1. The normalized spacial score (nSPS) is 11.2. The number of hydrogen-bond acceptors (Lipinski definition) is 7. The molecule has 2 heterocycles. The first-order chi connectivity index (χ1) is 16.7. The summed E-state index contributed by atoms with van der Waals surface area (Å²) in [5, 5.41) is 15.4. The number of aromatic nitrogens is 1. The number of nitro benzene ring substituents is 1. The van der Waals surface area contributed by atoms with Crippen LogP contribution in [-0.2, 0) is 4.74 Å². The smallest absolute Gasteiger partial charge is 0.337 e. The lowest BCUT2D eigenvalue weighted by atomic mass is 10.1. The van der Waals surface area contributed by atoms with Crippen molar-refractivity contribution in [1.29, 1.82) is 0 Å². The Morgan fingerprint density at radius 2 is 1.89 bits per heavy atom. The Kier molecular flexibility index (Phi) is 6.20. The number of aryl methyl sites for hydroxylation is 2. The van der Waals surface area contributed by atoms with Crippen molar-refractivity contribution in [1.82, 2.24) is 9.99 Å². The van der Waals surface area contributed by atoms with E-state index in [4.69, 9.17) is 9.15 Å². The van der Waals surface area contributed by atoms with Crippen molar-refractivity contribution >= 4 is 34.7 Å². The van der Waals surface area contributed by atoms with Crippen LogP contribution >= 0.6 is 0 Å². The molecule has 0 atom stereocenters. The van der Waals surface area contributed by atoms with Crippen molar-refractivity contribution in [2.24, 2.45) is 5.10 Å². The van der Waals surface area contributed by atoms with Crippen molar-refractivity contribution in [3.8, 4) is 5.69 Å². The van der Waals surface area contributed by atoms with Gasteiger partial charge in [0, 0.05) is 40.2 Å². The van der Waals surface area contributed by atoms with Gasteiger partial charge in [-0.2, -0.15) is 5.10 Å². The SMILES string of the molecule is COC(=O)c1ccc(C)c(-n2c(C)cc(/C=N\NC(=O)c3cc4cc([N+](=O)[O-])ccc4o3)c2C)c1. The first-order valence-electron chi connectivity index (χ1n) is 10.6. The molecular weight excluding hydrogens is 452 g/mol. The van der Waals surface area contributed by atoms with Crippen LogP contribution in [-0.4, -0.2) is 34.7 Å². The molecule has 4 rings (SSSR count). The molecule has 1 N–H and O–H groups in total. The molecule has 0 bridgehead atoms. The fraction of sp³-hybridized carbons (Fsp3) is 0.160. The van der Waals surface area contributed by atoms with Crippen LogP contribution in [0, 0.1) is 30.9 Å². The molecule has 0 radical (unpaired) electrons. The molecule has 0 spiro atoms. The van der Waals surface area contributed by atoms with Gasteiger partial charge in [-0.15, -0.1) is 0 Å². The number of carbonyl (C=O) groups excluding carboxylic acids is 2. The Labute approximate surface area is 200 Å². The molecule has 178 valence electrons. The van der Waals surface area contributed by atoms with Crippen molar-refractivity contribution in [2.45, 2.75) is 20.8 Å². The van der Waals surface area contributed by atoms with Gasteiger partial charge in [0.1, 0.15) is 5.58 Å². The van der Waals surface area contributed by atoms with E-state index < -0.39 is 16.8 Å². The van der Waals surface area contributed by atoms with Crippen LogP contribution in [0.2, 0.25) is 0 Å². The monoisotopic (exact) mass is 474 g/mol. The van der Waals surface area contributed by atoms with E-state index in [-0.39, 0.29) is 11.4 Å². The zero-order valence-corrected chi connectivity index (χ0v) is 19.5. The Morgan fingerprint density at radius 1 is 1.11 bits per heavy atom. The third kappa shape index (κ3) is 4.54. The maximum atomic E-state index is 12.5. The van der Waals surface area contributed by atoms with Gasteiger partial charge in [0.25, 0.3) is 5.69 Å². The molecule has 0 fully saturated rings. The van der Waals surface area contributed by atoms with E-state index in [2.05, 4.69) is 10.5 Å². The molecule has 0 aliphatic rings. The summed E-state index contributed by atoms with van der Waals surface area (Å²) in [6.45, 7) is 5.79. The fourth-order valence-electron chi connectivity index (χ4n) is 3.86. The topological polar surface area (TPSA) is 129 Å². The number of ether oxygens (including phenoxy) is 1. The number of methoxy groups -OCH3 is 1. The molecule has 35 heavy (non-hydrogen) atoms. The maximum Gasteiger partial charge on any atom is 0.337 e. The van der Waals surface area contributed by atoms with Crippen LogP contribution < -0.4 is 5.43 Å². The first kappa shape index (κ1) is 23.4. The van der Waals surface area contributed by atoms with E-state index in [0.717, 1.165) is 28.2 Å². The number of nitro groups is 1. The molecular formula is C25H22N4O6. The number of hydrazone groups is 1. The third-order valence-corrected chi connectivity index (χ3v) is 5.65. The number of nitrogens with one attached hydrogen (secondary N) is 1. The van der Waals surface area contributed by atoms with Crippen molar-refractivity contribution in [3.63, 3.8) is 0 Å². The highest BCUT2D eigenvalue weighted by atomic mass is 16.6. The van der Waals surface area contributed by atoms with Crippen molar-refractivity contribution < 1.29 is 23.7 Å². The second-order valence-electron chi connectivity index (χ2n) is 7.94. The van der Waals surface area contributed by atoms with Crippen molar-refractivity contribution in [3.05, 3.63) is 92.5 Å². The molecule has 0 saturated heterocycles. The van der Waals surface area contributed by atoms with Gasteiger partial charge in [-0.3, -0.25) is 14.9 Å². The van der Waals surface area contributed by atoms with E-state index in [1.807, 2.05) is 37.5 Å². The minimum atomic E-state index is -0.587. The predicted molar refractivity (Wildman–Crippen MR) is 129 cm³/mol. The van der Waals surface area contributed by atoms with Gasteiger partial charge >= 0.3 is 11.9 Å². The van der Waals surface area contributed by atoms with Crippen LogP contribution in [0.3, 0.4) is 0 Å². The average molecular weight is 474 g/mol. The summed E-state index contributed by atoms with van der Waals surface area (Å²) < 4.78 is 12.3. The number of hydrogen-bond donors (Lipinski definition) is 1. The van der Waals surface area contributed by atoms with E-state index >= 15 is 0 Å². The number of esters is 1. The molecule has 4 aromatic rings. The molecule has 10 nitrogen and oxygen atoms in total. The minimum absolute atomic E-state index is 0.0154. The summed E-state index contributed by atoms with van der Waals surface area (Å²) >= 11 is 0. The number of non-ortho nitro benzene ring substituents is 1. The first-order valence-corrected chi connectivity index (χ1v) is 10.6. The van der Waals surface area contributed by atoms with E-state index in [1.54, 1.807) is 12.1 Å². The number of benzene rings is 2. The van der Waals surface area contributed by atoms with Gasteiger partial charge in [-0.05, 0) is 56.7 Å². The van der Waals surface area contributed by atoms with Crippen LogP contribution in [0.5, 0.6) is 0 Å². The van der Waals surface area contributed by atoms with E-state index in [9.17, 15) is 19.7 Å². The third-order valence-electron chi connectivity index (χ3n) is 5.65. The van der Waals surface area contributed by atoms with Crippen LogP contribution in [0.15, 0.2) is 58.0 Å². The van der Waals surface area contributed by atoms with Gasteiger partial charge < -0.3 is 13.7 Å². The Balaban J connectivity index is 1.56. The lowest BCUT2D eigenvalue weighted by Crippen LogP contribution is -2.16. The Hall–Kier alpha value is -4.73. The minimum Gasteiger partial charge on any atom is -0.465 e. The van der Waals surface area contributed by atoms with Crippen LogP contribution in [0.4, 0.5) is 5.69 Å². The zero-order valence-electron chi connectivity index (χ0n) is 19.5. The Morgan fingerprint density at radius 3 is 2.60 bits per heavy atom. The molecule has 10 heteroatoms. The molecule has 0 aliphatic carbocycles. The number of nitrogens with zero attached hydrogens (tertiary/aromatic N) is 3. The predicted octanol–water partition coefficient (Wildman–Crippen LogP) is 4.61. The summed E-state index contributed by atoms with van der Waals surface area (Å²) in [5.74, 6) is -1.02. The van der Waals surface area contributed by atoms with Gasteiger partial charge in [0.2, 0.25) is 0 Å². The summed E-state index contributed by atoms with van der Waals surface area (Å²) in [4.78, 5) is 34.9. The summed E-state index contributed by atoms with van der Waals surface area (Å²) in [5.41, 5.74) is 7.49. The lowest BCUT2D eigenvalue weighted by molar-refractivity contribution is -0.384. The highest BCUT2D eigenvalue weighted by molar-refractivity contribution is 5.97. The number of carbonyl (C=O) groups is 2. The highest BCUT2D eigenvalue weighted by Gasteiger charge is 2.16. The summed E-state index contributed by atoms with van der Waals surface area (Å²) in [6, 6.07) is 12.8. The average Bonchev–Trinajstić information content (AvgIpc) is 3.39. The van der Waals surface area contributed by atoms with Gasteiger partial charge in [-0.1, -0.05) is 6.07 Å². The molecule has 2 aromatic carbocycles. The van der Waals surface area contributed by atoms with Gasteiger partial charge in [0.05, 0.1) is 23.8 Å². The standard InChI is InChI=1S/C25H22N4O6/c1-14-5-6-17(25(31)34-4)11-21(14)28-15(2)9-19(16(28)3)13-26-27-24(30)23-12-18-10-20(29(32)33)7-8-22(18)35-23/h5-13H,1-4H3,(H,27,30)/b26-13-. The Bertz CT molecular complexity index is 1510. The lowest BCUT2D eigenvalue weighted by Gasteiger charge is -2.14. The van der Waals surface area contributed by atoms with Gasteiger partial charge in [-0.25, -0.2) is 10.2 Å². The van der Waals surface area contributed by atoms with E-state index in [1.165, 1.54) is 37.6 Å². The second-order valence-corrected chi connectivity index (χ2v) is 7.94. The van der Waals surface area contributed by atoms with Crippen molar-refractivity contribution in [2.75, 3.05) is 7.11 Å². The second kappa shape index (κ2) is 9.26. The molecule has 0 unspecified atom stereocenters. The summed E-state index contributed by atoms with van der Waals surface area (Å²) in [7, 11) is 1.34. The largest absolute Gasteiger partial charge is 0.465 e. The number of furan rings is 1. The zero-order chi connectivity index (χ0) is 25.3. The molecule has 1 amide bonds. The van der Waals surface area contributed by atoms with Gasteiger partial charge in [0.15, 0.2) is 5.76 Å². The van der Waals surface area contributed by atoms with Crippen LogP contribution in [0.1, 0.15) is 43.4 Å². The molecule has 0 aliphatic heterocycles. The highest BCUT2D eigenvalue weighted by Crippen LogP contribution is 2.25. The molecule has 0 saturated carbocycles. The molecule has 2 aromatic heterocycles. The number of amides is 1. The summed E-state index contributed by atoms with van der Waals surface area (Å²) in [6.07, 6.45) is 1.52. The van der Waals surface area contributed by atoms with Crippen LogP contribution in [0.25, 0.3) is 16.7 Å². The quantitative estimate of drug-likeness (QED) is 0.188. The fourth-order valence-corrected chi connectivity index (χ4v) is 3.86. The van der Waals surface area contributed by atoms with E-state index in [0.29, 0.717) is 16.5 Å².